The summed E-state index contributed by atoms with van der Waals surface area (Å²) < 4.78 is 0. The number of amides is 2. The molecule has 2 heterocycles. The highest BCUT2D eigenvalue weighted by molar-refractivity contribution is 5.91. The van der Waals surface area contributed by atoms with Gasteiger partial charge in [0.1, 0.15) is 30.2 Å². The number of carbonyl (C=O) groups excluding carboxylic acids is 2. The predicted octanol–water partition coefficient (Wildman–Crippen LogP) is 3.51. The number of rotatable bonds is 25. The van der Waals surface area contributed by atoms with Gasteiger partial charge in [0.05, 0.1) is 24.7 Å². The van der Waals surface area contributed by atoms with Crippen LogP contribution in [0, 0.1) is 0 Å². The quantitative estimate of drug-likeness (QED) is 0.0435. The monoisotopic (exact) mass is 787 g/mol. The highest BCUT2D eigenvalue weighted by atomic mass is 16.4. The lowest BCUT2D eigenvalue weighted by Gasteiger charge is -2.33. The molecule has 2 aromatic carbocycles. The molecule has 2 aromatic heterocycles. The number of nitrogens with one attached hydrogen (secondary N) is 3. The van der Waals surface area contributed by atoms with Crippen molar-refractivity contribution in [3.05, 3.63) is 120 Å². The SMILES string of the molecule is O=C(CCCCCCCCCCNC(=O)C(O)C(O)C(O)C(O)C(O)CO)Nc1ccccc1C(Nc1ccccn1)C(c1ccccn1)C(O)c1ccccc1. The van der Waals surface area contributed by atoms with Crippen LogP contribution < -0.4 is 16.0 Å². The van der Waals surface area contributed by atoms with E-state index in [2.05, 4.69) is 25.9 Å². The Hall–Kier alpha value is -4.80. The van der Waals surface area contributed by atoms with Gasteiger partial charge >= 0.3 is 0 Å². The van der Waals surface area contributed by atoms with E-state index in [1.165, 1.54) is 0 Å². The van der Waals surface area contributed by atoms with Crippen molar-refractivity contribution in [1.29, 1.82) is 0 Å². The fourth-order valence-electron chi connectivity index (χ4n) is 6.68. The van der Waals surface area contributed by atoms with E-state index in [0.717, 1.165) is 56.1 Å². The molecule has 14 heteroatoms. The highest BCUT2D eigenvalue weighted by Gasteiger charge is 2.37. The number of para-hydroxylation sites is 1. The van der Waals surface area contributed by atoms with Crippen molar-refractivity contribution in [1.82, 2.24) is 15.3 Å². The molecular weight excluding hydrogens is 730 g/mol. The molecule has 2 amide bonds. The van der Waals surface area contributed by atoms with Crippen molar-refractivity contribution >= 4 is 23.3 Å². The molecule has 14 nitrogen and oxygen atoms in total. The Morgan fingerprint density at radius 2 is 1.25 bits per heavy atom. The van der Waals surface area contributed by atoms with Gasteiger partial charge in [0.2, 0.25) is 5.91 Å². The summed E-state index contributed by atoms with van der Waals surface area (Å²) in [6.07, 6.45) is -0.0583. The lowest BCUT2D eigenvalue weighted by atomic mass is 9.82. The maximum absolute atomic E-state index is 13.3. The summed E-state index contributed by atoms with van der Waals surface area (Å²) in [4.78, 5) is 34.6. The maximum atomic E-state index is 13.3. The number of carbonyl (C=O) groups is 2. The first-order chi connectivity index (χ1) is 27.6. The lowest BCUT2D eigenvalue weighted by Crippen LogP contribution is -2.54. The van der Waals surface area contributed by atoms with E-state index < -0.39 is 61.1 Å². The predicted molar refractivity (Wildman–Crippen MR) is 216 cm³/mol. The molecule has 308 valence electrons. The minimum atomic E-state index is -2.05. The Kier molecular flexibility index (Phi) is 19.0. The van der Waals surface area contributed by atoms with E-state index >= 15 is 0 Å². The van der Waals surface area contributed by atoms with Crippen LogP contribution in [0.25, 0.3) is 0 Å². The van der Waals surface area contributed by atoms with Crippen LogP contribution in [0.4, 0.5) is 11.5 Å². The Morgan fingerprint density at radius 1 is 0.632 bits per heavy atom. The van der Waals surface area contributed by atoms with E-state index in [-0.39, 0.29) is 12.5 Å². The Bertz CT molecular complexity index is 1740. The third-order valence-electron chi connectivity index (χ3n) is 9.91. The van der Waals surface area contributed by atoms with Gasteiger partial charge in [-0.25, -0.2) is 4.98 Å². The van der Waals surface area contributed by atoms with E-state index in [0.29, 0.717) is 30.0 Å². The van der Waals surface area contributed by atoms with Gasteiger partial charge in [-0.1, -0.05) is 99.2 Å². The molecule has 4 rings (SSSR count). The molecule has 8 atom stereocenters. The smallest absolute Gasteiger partial charge is 0.251 e. The van der Waals surface area contributed by atoms with Crippen LogP contribution in [0.3, 0.4) is 0 Å². The molecule has 4 aromatic rings. The maximum Gasteiger partial charge on any atom is 0.251 e. The molecule has 8 unspecified atom stereocenters. The topological polar surface area (TPSA) is 238 Å². The Balaban J connectivity index is 1.24. The van der Waals surface area contributed by atoms with E-state index in [9.17, 15) is 40.2 Å². The van der Waals surface area contributed by atoms with E-state index in [1.54, 1.807) is 12.4 Å². The molecule has 0 saturated carbocycles. The molecular formula is C43H57N5O9. The molecule has 0 bridgehead atoms. The zero-order valence-corrected chi connectivity index (χ0v) is 32.1. The third-order valence-corrected chi connectivity index (χ3v) is 9.91. The van der Waals surface area contributed by atoms with Crippen LogP contribution in [0.1, 0.15) is 92.7 Å². The molecule has 0 spiro atoms. The van der Waals surface area contributed by atoms with Crippen LogP contribution in [0.15, 0.2) is 103 Å². The number of nitrogens with zero attached hydrogens (tertiary/aromatic N) is 2. The largest absolute Gasteiger partial charge is 0.394 e. The van der Waals surface area contributed by atoms with Crippen LogP contribution >= 0.6 is 0 Å². The van der Waals surface area contributed by atoms with Gasteiger partial charge in [0.15, 0.2) is 6.10 Å². The van der Waals surface area contributed by atoms with Gasteiger partial charge in [0.25, 0.3) is 5.91 Å². The van der Waals surface area contributed by atoms with Crippen LogP contribution in [-0.4, -0.2) is 101 Å². The fourth-order valence-corrected chi connectivity index (χ4v) is 6.68. The molecule has 0 aliphatic carbocycles. The summed E-state index contributed by atoms with van der Waals surface area (Å²) in [5.74, 6) is -0.975. The first kappa shape index (κ1) is 44.9. The van der Waals surface area contributed by atoms with Gasteiger partial charge in [-0.15, -0.1) is 0 Å². The van der Waals surface area contributed by atoms with Crippen molar-refractivity contribution in [2.75, 3.05) is 23.8 Å². The van der Waals surface area contributed by atoms with Crippen LogP contribution in [0.2, 0.25) is 0 Å². The number of hydrogen-bond donors (Lipinski definition) is 10. The summed E-state index contributed by atoms with van der Waals surface area (Å²) in [6.45, 7) is -0.623. The second-order valence-corrected chi connectivity index (χ2v) is 14.1. The number of hydrogen-bond acceptors (Lipinski definition) is 12. The molecule has 0 saturated heterocycles. The number of benzene rings is 2. The third kappa shape index (κ3) is 14.0. The van der Waals surface area contributed by atoms with Crippen molar-refractivity contribution < 1.29 is 45.3 Å². The summed E-state index contributed by atoms with van der Waals surface area (Å²) in [5, 5.41) is 78.9. The van der Waals surface area contributed by atoms with Gasteiger partial charge in [-0.2, -0.15) is 0 Å². The molecule has 57 heavy (non-hydrogen) atoms. The number of unbranched alkanes of at least 4 members (excludes halogenated alkanes) is 7. The van der Waals surface area contributed by atoms with Gasteiger partial charge < -0.3 is 51.7 Å². The van der Waals surface area contributed by atoms with Crippen LogP contribution in [0.5, 0.6) is 0 Å². The molecule has 0 aliphatic rings. The van der Waals surface area contributed by atoms with E-state index in [1.807, 2.05) is 91.0 Å². The number of aromatic nitrogens is 2. The highest BCUT2D eigenvalue weighted by Crippen LogP contribution is 2.43. The summed E-state index contributed by atoms with van der Waals surface area (Å²) in [5.41, 5.74) is 2.83. The first-order valence-electron chi connectivity index (χ1n) is 19.6. The molecule has 10 N–H and O–H groups in total. The van der Waals surface area contributed by atoms with Crippen molar-refractivity contribution in [2.24, 2.45) is 0 Å². The minimum Gasteiger partial charge on any atom is -0.394 e. The molecule has 0 radical (unpaired) electrons. The number of anilines is 2. The fraction of sp³-hybridized carbons (Fsp3) is 0.442. The Morgan fingerprint density at radius 3 is 1.89 bits per heavy atom. The summed E-state index contributed by atoms with van der Waals surface area (Å²) in [7, 11) is 0. The minimum absolute atomic E-state index is 0.106. The van der Waals surface area contributed by atoms with Gasteiger partial charge in [0, 0.05) is 36.7 Å². The van der Waals surface area contributed by atoms with Crippen molar-refractivity contribution in [2.45, 2.75) is 106 Å². The summed E-state index contributed by atoms with van der Waals surface area (Å²) >= 11 is 0. The second kappa shape index (κ2) is 24.1. The molecule has 0 fully saturated rings. The zero-order valence-electron chi connectivity index (χ0n) is 32.1. The first-order valence-corrected chi connectivity index (χ1v) is 19.6. The van der Waals surface area contributed by atoms with Gasteiger partial charge in [-0.3, -0.25) is 14.6 Å². The number of pyridine rings is 2. The average molecular weight is 788 g/mol. The zero-order chi connectivity index (χ0) is 41.0. The van der Waals surface area contributed by atoms with Crippen molar-refractivity contribution in [3.63, 3.8) is 0 Å². The normalized spacial score (nSPS) is 15.6. The average Bonchev–Trinajstić information content (AvgIpc) is 3.25. The van der Waals surface area contributed by atoms with Crippen LogP contribution in [-0.2, 0) is 9.59 Å². The second-order valence-electron chi connectivity index (χ2n) is 14.1. The summed E-state index contributed by atoms with van der Waals surface area (Å²) in [6, 6.07) is 27.7. The molecule has 0 aliphatic heterocycles. The van der Waals surface area contributed by atoms with Gasteiger partial charge in [-0.05, 0) is 54.3 Å². The number of aliphatic hydroxyl groups is 7. The lowest BCUT2D eigenvalue weighted by molar-refractivity contribution is -0.156. The number of aliphatic hydroxyl groups excluding tert-OH is 7. The van der Waals surface area contributed by atoms with E-state index in [4.69, 9.17) is 5.11 Å². The van der Waals surface area contributed by atoms with Crippen molar-refractivity contribution in [3.8, 4) is 0 Å². The Labute approximate surface area is 333 Å². The standard InChI is InChI=1S/C43H57N5O9/c49-28-33(50)39(53)40(54)41(55)42(56)43(57)46-27-15-6-4-2-1-3-5-10-24-35(51)47-31-21-12-11-20-30(31)37(48-34-23-14-17-26-45-34)36(32-22-13-16-25-44-32)38(52)29-18-8-7-9-19-29/h7-9,11-14,16-23,25-26,33,36-42,49-50,52-56H,1-6,10,15,24,27-28H2,(H,45,48)(H,46,57)(H,47,51).